The first-order valence-corrected chi connectivity index (χ1v) is 5.32. The molecular formula is C10H16OS. The topological polar surface area (TPSA) is 17.1 Å². The summed E-state index contributed by atoms with van der Waals surface area (Å²) in [6, 6.07) is 0. The lowest BCUT2D eigenvalue weighted by atomic mass is 10.2. The Bertz CT molecular complexity index is 169. The average molecular weight is 184 g/mol. The summed E-state index contributed by atoms with van der Waals surface area (Å²) in [4.78, 5) is 11.1. The zero-order valence-electron chi connectivity index (χ0n) is 7.80. The lowest BCUT2D eigenvalue weighted by Crippen LogP contribution is -2.04. The molecule has 68 valence electrons. The Morgan fingerprint density at radius 1 is 1.67 bits per heavy atom. The van der Waals surface area contributed by atoms with Crippen molar-refractivity contribution in [1.29, 1.82) is 0 Å². The number of hydrogen-bond acceptors (Lipinski definition) is 2. The van der Waals surface area contributed by atoms with Crippen molar-refractivity contribution < 1.29 is 4.79 Å². The van der Waals surface area contributed by atoms with Crippen molar-refractivity contribution in [3.63, 3.8) is 0 Å². The Morgan fingerprint density at radius 2 is 2.33 bits per heavy atom. The van der Waals surface area contributed by atoms with Crippen molar-refractivity contribution in [2.24, 2.45) is 0 Å². The molecule has 0 aliphatic rings. The number of hydrogen-bond donors (Lipinski definition) is 0. The first-order valence-electron chi connectivity index (χ1n) is 4.27. The molecule has 0 aromatic carbocycles. The molecule has 0 spiro atoms. The molecule has 0 rings (SSSR count). The van der Waals surface area contributed by atoms with Gasteiger partial charge in [-0.3, -0.25) is 4.79 Å². The number of carbonyl (C=O) groups excluding carboxylic acids is 1. The van der Waals surface area contributed by atoms with Crippen molar-refractivity contribution >= 4 is 17.5 Å². The number of rotatable bonds is 6. The minimum absolute atomic E-state index is 0.276. The highest BCUT2D eigenvalue weighted by Gasteiger charge is 2.04. The summed E-state index contributed by atoms with van der Waals surface area (Å²) >= 11 is 1.72. The van der Waals surface area contributed by atoms with Crippen molar-refractivity contribution in [1.82, 2.24) is 0 Å². The molecule has 0 aliphatic carbocycles. The lowest BCUT2D eigenvalue weighted by molar-refractivity contribution is -0.116. The standard InChI is InChI=1S/C10H16OS/c1-4-6-7-10(11)8-12-9(3)5-2/h1,9H,5-8H2,2-3H3. The van der Waals surface area contributed by atoms with Gasteiger partial charge in [0.2, 0.25) is 0 Å². The monoisotopic (exact) mass is 184 g/mol. The molecule has 0 amide bonds. The quantitative estimate of drug-likeness (QED) is 0.590. The average Bonchev–Trinajstić information content (AvgIpc) is 2.10. The van der Waals surface area contributed by atoms with Gasteiger partial charge in [-0.25, -0.2) is 0 Å². The van der Waals surface area contributed by atoms with Crippen molar-refractivity contribution in [2.75, 3.05) is 5.75 Å². The first-order chi connectivity index (χ1) is 5.70. The second-order valence-corrected chi connectivity index (χ2v) is 4.20. The summed E-state index contributed by atoms with van der Waals surface area (Å²) in [6.45, 7) is 4.27. The van der Waals surface area contributed by atoms with Gasteiger partial charge in [0.1, 0.15) is 5.78 Å². The number of Topliss-reactive ketones (excluding diaryl/α,β-unsaturated/α-hetero) is 1. The summed E-state index contributed by atoms with van der Waals surface area (Å²) in [7, 11) is 0. The van der Waals surface area contributed by atoms with E-state index in [0.717, 1.165) is 6.42 Å². The molecule has 2 heteroatoms. The third-order valence-electron chi connectivity index (χ3n) is 1.65. The van der Waals surface area contributed by atoms with Crippen molar-refractivity contribution in [3.05, 3.63) is 0 Å². The Kier molecular flexibility index (Phi) is 6.99. The van der Waals surface area contributed by atoms with Gasteiger partial charge >= 0.3 is 0 Å². The molecule has 0 aromatic rings. The molecule has 0 radical (unpaired) electrons. The van der Waals surface area contributed by atoms with Crippen LogP contribution >= 0.6 is 11.8 Å². The third kappa shape index (κ3) is 6.30. The van der Waals surface area contributed by atoms with Crippen LogP contribution in [-0.4, -0.2) is 16.8 Å². The van der Waals surface area contributed by atoms with Gasteiger partial charge in [-0.15, -0.1) is 12.3 Å². The molecule has 0 aromatic heterocycles. The summed E-state index contributed by atoms with van der Waals surface area (Å²) < 4.78 is 0. The Labute approximate surface area is 79.3 Å². The predicted octanol–water partition coefficient (Wildman–Crippen LogP) is 2.50. The Hall–Kier alpha value is -0.420. The van der Waals surface area contributed by atoms with Crippen LogP contribution in [0.4, 0.5) is 0 Å². The molecule has 1 atom stereocenters. The summed E-state index contributed by atoms with van der Waals surface area (Å²) in [5.41, 5.74) is 0. The normalized spacial score (nSPS) is 12.1. The zero-order chi connectivity index (χ0) is 9.40. The number of terminal acetylenes is 1. The smallest absolute Gasteiger partial charge is 0.143 e. The van der Waals surface area contributed by atoms with Gasteiger partial charge in [-0.1, -0.05) is 13.8 Å². The van der Waals surface area contributed by atoms with Crippen LogP contribution in [0.2, 0.25) is 0 Å². The van der Waals surface area contributed by atoms with E-state index in [1.165, 1.54) is 0 Å². The molecule has 0 heterocycles. The molecule has 12 heavy (non-hydrogen) atoms. The van der Waals surface area contributed by atoms with E-state index in [-0.39, 0.29) is 5.78 Å². The highest BCUT2D eigenvalue weighted by Crippen LogP contribution is 2.13. The van der Waals surface area contributed by atoms with E-state index < -0.39 is 0 Å². The van der Waals surface area contributed by atoms with E-state index in [4.69, 9.17) is 6.42 Å². The van der Waals surface area contributed by atoms with Crippen molar-refractivity contribution in [2.45, 2.75) is 38.4 Å². The second kappa shape index (κ2) is 7.24. The number of ketones is 1. The van der Waals surface area contributed by atoms with Crippen LogP contribution in [0.5, 0.6) is 0 Å². The molecule has 0 saturated heterocycles. The first kappa shape index (κ1) is 11.6. The van der Waals surface area contributed by atoms with E-state index >= 15 is 0 Å². The molecule has 0 saturated carbocycles. The van der Waals surface area contributed by atoms with Gasteiger partial charge < -0.3 is 0 Å². The van der Waals surface area contributed by atoms with Gasteiger partial charge in [0.15, 0.2) is 0 Å². The maximum atomic E-state index is 11.1. The number of carbonyl (C=O) groups is 1. The van der Waals surface area contributed by atoms with Crippen LogP contribution in [0.15, 0.2) is 0 Å². The Morgan fingerprint density at radius 3 is 2.83 bits per heavy atom. The van der Waals surface area contributed by atoms with Crippen molar-refractivity contribution in [3.8, 4) is 12.3 Å². The van der Waals surface area contributed by atoms with E-state index in [1.54, 1.807) is 11.8 Å². The number of thioether (sulfide) groups is 1. The van der Waals surface area contributed by atoms with Gasteiger partial charge in [-0.05, 0) is 6.42 Å². The van der Waals surface area contributed by atoms with Crippen LogP contribution in [0.3, 0.4) is 0 Å². The fourth-order valence-electron chi connectivity index (χ4n) is 0.637. The largest absolute Gasteiger partial charge is 0.299 e. The summed E-state index contributed by atoms with van der Waals surface area (Å²) in [5.74, 6) is 3.37. The van der Waals surface area contributed by atoms with Crippen LogP contribution in [-0.2, 0) is 4.79 Å². The molecule has 1 nitrogen and oxygen atoms in total. The van der Waals surface area contributed by atoms with E-state index in [2.05, 4.69) is 19.8 Å². The fourth-order valence-corrected chi connectivity index (χ4v) is 1.49. The maximum absolute atomic E-state index is 11.1. The molecule has 0 bridgehead atoms. The van der Waals surface area contributed by atoms with Gasteiger partial charge in [0.25, 0.3) is 0 Å². The van der Waals surface area contributed by atoms with Gasteiger partial charge in [0.05, 0.1) is 5.75 Å². The minimum Gasteiger partial charge on any atom is -0.299 e. The SMILES string of the molecule is C#CCCC(=O)CSC(C)CC. The second-order valence-electron chi connectivity index (χ2n) is 2.77. The molecule has 0 fully saturated rings. The van der Waals surface area contributed by atoms with E-state index in [1.807, 2.05) is 0 Å². The predicted molar refractivity (Wildman–Crippen MR) is 55.3 cm³/mol. The summed E-state index contributed by atoms with van der Waals surface area (Å²) in [5, 5.41) is 0.583. The van der Waals surface area contributed by atoms with Crippen LogP contribution in [0.25, 0.3) is 0 Å². The Balaban J connectivity index is 3.38. The summed E-state index contributed by atoms with van der Waals surface area (Å²) in [6.07, 6.45) is 7.29. The minimum atomic E-state index is 0.276. The van der Waals surface area contributed by atoms with Crippen LogP contribution in [0, 0.1) is 12.3 Å². The molecule has 1 unspecified atom stereocenters. The zero-order valence-corrected chi connectivity index (χ0v) is 8.62. The maximum Gasteiger partial charge on any atom is 0.143 e. The molecule has 0 aliphatic heterocycles. The molecule has 0 N–H and O–H groups in total. The van der Waals surface area contributed by atoms with Crippen LogP contribution < -0.4 is 0 Å². The van der Waals surface area contributed by atoms with Gasteiger partial charge in [0, 0.05) is 18.1 Å². The fraction of sp³-hybridized carbons (Fsp3) is 0.700. The lowest BCUT2D eigenvalue weighted by Gasteiger charge is -2.05. The highest BCUT2D eigenvalue weighted by atomic mass is 32.2. The highest BCUT2D eigenvalue weighted by molar-refractivity contribution is 8.00. The van der Waals surface area contributed by atoms with Crippen LogP contribution in [0.1, 0.15) is 33.1 Å². The van der Waals surface area contributed by atoms with E-state index in [9.17, 15) is 4.79 Å². The third-order valence-corrected chi connectivity index (χ3v) is 3.04. The van der Waals surface area contributed by atoms with E-state index in [0.29, 0.717) is 23.8 Å². The molecular weight excluding hydrogens is 168 g/mol. The van der Waals surface area contributed by atoms with Gasteiger partial charge in [-0.2, -0.15) is 11.8 Å².